The van der Waals surface area contributed by atoms with Gasteiger partial charge >= 0.3 is 0 Å². The highest BCUT2D eigenvalue weighted by atomic mass is 32.2. The molecule has 0 amide bonds. The van der Waals surface area contributed by atoms with Gasteiger partial charge in [0, 0.05) is 31.9 Å². The van der Waals surface area contributed by atoms with Crippen LogP contribution in [0, 0.1) is 5.92 Å². The quantitative estimate of drug-likeness (QED) is 0.832. The standard InChI is InChI=1S/C11H18N4O2S/c1-2-14-7-11(13-8-14)18(16,17)15-4-3-9-5-12-6-10(9)15/h7-10,12H,2-6H2,1H3/t9-,10+/m0/s1. The van der Waals surface area contributed by atoms with Gasteiger partial charge in [0.1, 0.15) is 0 Å². The zero-order chi connectivity index (χ0) is 12.8. The predicted molar refractivity (Wildman–Crippen MR) is 66.6 cm³/mol. The summed E-state index contributed by atoms with van der Waals surface area (Å²) in [5.74, 6) is 0.466. The van der Waals surface area contributed by atoms with Crippen molar-refractivity contribution in [2.45, 2.75) is 31.0 Å². The van der Waals surface area contributed by atoms with Crippen molar-refractivity contribution in [2.75, 3.05) is 19.6 Å². The van der Waals surface area contributed by atoms with Gasteiger partial charge in [0.2, 0.25) is 0 Å². The molecule has 0 aliphatic carbocycles. The first kappa shape index (κ1) is 12.1. The minimum atomic E-state index is -3.42. The van der Waals surface area contributed by atoms with Gasteiger partial charge in [-0.15, -0.1) is 0 Å². The predicted octanol–water partition coefficient (Wildman–Crippen LogP) is -0.115. The van der Waals surface area contributed by atoms with Crippen molar-refractivity contribution in [2.24, 2.45) is 5.92 Å². The Labute approximate surface area is 107 Å². The van der Waals surface area contributed by atoms with Crippen LogP contribution in [0.1, 0.15) is 13.3 Å². The zero-order valence-electron chi connectivity index (χ0n) is 10.4. The molecule has 1 aromatic rings. The number of nitrogens with one attached hydrogen (secondary N) is 1. The van der Waals surface area contributed by atoms with E-state index in [0.29, 0.717) is 12.5 Å². The molecule has 3 rings (SSSR count). The molecule has 0 spiro atoms. The van der Waals surface area contributed by atoms with E-state index in [2.05, 4.69) is 10.3 Å². The average Bonchev–Trinajstić information content (AvgIpc) is 3.04. The summed E-state index contributed by atoms with van der Waals surface area (Å²) in [6, 6.07) is 0.113. The first-order valence-electron chi connectivity index (χ1n) is 6.37. The molecule has 18 heavy (non-hydrogen) atoms. The lowest BCUT2D eigenvalue weighted by atomic mass is 10.1. The van der Waals surface area contributed by atoms with E-state index in [1.807, 2.05) is 6.92 Å². The van der Waals surface area contributed by atoms with Crippen molar-refractivity contribution in [1.29, 1.82) is 0 Å². The number of rotatable bonds is 3. The van der Waals surface area contributed by atoms with Crippen LogP contribution in [0.3, 0.4) is 0 Å². The van der Waals surface area contributed by atoms with Crippen LogP contribution in [0.5, 0.6) is 0 Å². The van der Waals surface area contributed by atoms with Gasteiger partial charge in [-0.1, -0.05) is 0 Å². The second-order valence-electron chi connectivity index (χ2n) is 4.93. The van der Waals surface area contributed by atoms with Crippen LogP contribution in [-0.2, 0) is 16.6 Å². The van der Waals surface area contributed by atoms with E-state index in [9.17, 15) is 8.42 Å². The molecule has 0 unspecified atom stereocenters. The third-order valence-corrected chi connectivity index (χ3v) is 5.75. The van der Waals surface area contributed by atoms with Crippen molar-refractivity contribution < 1.29 is 8.42 Å². The average molecular weight is 270 g/mol. The number of aromatic nitrogens is 2. The maximum atomic E-state index is 12.5. The maximum absolute atomic E-state index is 12.5. The molecule has 100 valence electrons. The van der Waals surface area contributed by atoms with E-state index in [1.165, 1.54) is 0 Å². The van der Waals surface area contributed by atoms with Crippen LogP contribution in [0.25, 0.3) is 0 Å². The normalized spacial score (nSPS) is 28.7. The molecule has 1 aromatic heterocycles. The highest BCUT2D eigenvalue weighted by Gasteiger charge is 2.44. The third kappa shape index (κ3) is 1.77. The highest BCUT2D eigenvalue weighted by molar-refractivity contribution is 7.89. The highest BCUT2D eigenvalue weighted by Crippen LogP contribution is 2.31. The van der Waals surface area contributed by atoms with Crippen molar-refractivity contribution in [1.82, 2.24) is 19.2 Å². The second kappa shape index (κ2) is 4.32. The second-order valence-corrected chi connectivity index (χ2v) is 6.77. The number of fused-ring (bicyclic) bond motifs is 1. The maximum Gasteiger partial charge on any atom is 0.262 e. The van der Waals surface area contributed by atoms with Gasteiger partial charge in [0.15, 0.2) is 5.03 Å². The van der Waals surface area contributed by atoms with Gasteiger partial charge in [0.25, 0.3) is 10.0 Å². The van der Waals surface area contributed by atoms with Crippen molar-refractivity contribution in [3.05, 3.63) is 12.5 Å². The number of aryl methyl sites for hydroxylation is 1. The molecular weight excluding hydrogens is 252 g/mol. The molecule has 0 radical (unpaired) electrons. The molecule has 0 aromatic carbocycles. The summed E-state index contributed by atoms with van der Waals surface area (Å²) in [4.78, 5) is 4.03. The van der Waals surface area contributed by atoms with Crippen LogP contribution in [0.4, 0.5) is 0 Å². The van der Waals surface area contributed by atoms with Crippen LogP contribution in [0.2, 0.25) is 0 Å². The molecule has 2 fully saturated rings. The lowest BCUT2D eigenvalue weighted by molar-refractivity contribution is 0.381. The minimum Gasteiger partial charge on any atom is -0.336 e. The number of nitrogens with zero attached hydrogens (tertiary/aromatic N) is 3. The Morgan fingerprint density at radius 1 is 1.50 bits per heavy atom. The largest absolute Gasteiger partial charge is 0.336 e. The minimum absolute atomic E-state index is 0.113. The Kier molecular flexibility index (Phi) is 2.91. The Bertz CT molecular complexity index is 539. The fourth-order valence-corrected chi connectivity index (χ4v) is 4.51. The Morgan fingerprint density at radius 3 is 3.06 bits per heavy atom. The lowest BCUT2D eigenvalue weighted by Gasteiger charge is -2.21. The smallest absolute Gasteiger partial charge is 0.262 e. The summed E-state index contributed by atoms with van der Waals surface area (Å²) in [5, 5.41) is 3.44. The van der Waals surface area contributed by atoms with Crippen LogP contribution >= 0.6 is 0 Å². The fourth-order valence-electron chi connectivity index (χ4n) is 2.87. The summed E-state index contributed by atoms with van der Waals surface area (Å²) >= 11 is 0. The molecule has 2 aliphatic rings. The van der Waals surface area contributed by atoms with Gasteiger partial charge in [0.05, 0.1) is 6.33 Å². The lowest BCUT2D eigenvalue weighted by Crippen LogP contribution is -2.39. The molecule has 7 heteroatoms. The van der Waals surface area contributed by atoms with Gasteiger partial charge in [-0.25, -0.2) is 13.4 Å². The van der Waals surface area contributed by atoms with Crippen molar-refractivity contribution in [3.8, 4) is 0 Å². The molecule has 2 saturated heterocycles. The number of imidazole rings is 1. The number of hydrogen-bond donors (Lipinski definition) is 1. The van der Waals surface area contributed by atoms with Gasteiger partial charge in [-0.05, 0) is 25.8 Å². The first-order valence-corrected chi connectivity index (χ1v) is 7.81. The van der Waals surface area contributed by atoms with Crippen LogP contribution < -0.4 is 5.32 Å². The van der Waals surface area contributed by atoms with E-state index in [1.54, 1.807) is 21.4 Å². The zero-order valence-corrected chi connectivity index (χ0v) is 11.2. The third-order valence-electron chi connectivity index (χ3n) is 3.94. The Balaban J connectivity index is 1.90. The van der Waals surface area contributed by atoms with Crippen LogP contribution in [-0.4, -0.2) is 48.0 Å². The van der Waals surface area contributed by atoms with E-state index in [-0.39, 0.29) is 11.1 Å². The molecule has 0 bridgehead atoms. The topological polar surface area (TPSA) is 67.2 Å². The van der Waals surface area contributed by atoms with E-state index in [4.69, 9.17) is 0 Å². The Hall–Kier alpha value is -0.920. The van der Waals surface area contributed by atoms with Gasteiger partial charge in [-0.2, -0.15) is 4.31 Å². The molecular formula is C11H18N4O2S. The summed E-state index contributed by atoms with van der Waals surface area (Å²) in [7, 11) is -3.42. The molecule has 1 N–H and O–H groups in total. The number of hydrogen-bond acceptors (Lipinski definition) is 4. The molecule has 2 atom stereocenters. The summed E-state index contributed by atoms with van der Waals surface area (Å²) in [5.41, 5.74) is 0. The van der Waals surface area contributed by atoms with E-state index >= 15 is 0 Å². The fraction of sp³-hybridized carbons (Fsp3) is 0.727. The SMILES string of the molecule is CCn1cnc(S(=O)(=O)N2CC[C@H]3CNC[C@H]32)c1. The monoisotopic (exact) mass is 270 g/mol. The molecule has 6 nitrogen and oxygen atoms in total. The van der Waals surface area contributed by atoms with Gasteiger partial charge < -0.3 is 9.88 Å². The van der Waals surface area contributed by atoms with Crippen LogP contribution in [0.15, 0.2) is 17.6 Å². The summed E-state index contributed by atoms with van der Waals surface area (Å²) in [6.45, 7) is 5.01. The van der Waals surface area contributed by atoms with E-state index < -0.39 is 10.0 Å². The molecule has 3 heterocycles. The van der Waals surface area contributed by atoms with E-state index in [0.717, 1.165) is 26.1 Å². The summed E-state index contributed by atoms with van der Waals surface area (Å²) < 4.78 is 28.5. The number of sulfonamides is 1. The van der Waals surface area contributed by atoms with Crippen molar-refractivity contribution in [3.63, 3.8) is 0 Å². The molecule has 0 saturated carbocycles. The summed E-state index contributed by atoms with van der Waals surface area (Å²) in [6.07, 6.45) is 4.14. The Morgan fingerprint density at radius 2 is 2.33 bits per heavy atom. The van der Waals surface area contributed by atoms with Crippen molar-refractivity contribution >= 4 is 10.0 Å². The van der Waals surface area contributed by atoms with Gasteiger partial charge in [-0.3, -0.25) is 0 Å². The molecule has 2 aliphatic heterocycles. The first-order chi connectivity index (χ1) is 8.63.